The van der Waals surface area contributed by atoms with E-state index in [0.717, 1.165) is 22.8 Å². The second-order valence-corrected chi connectivity index (χ2v) is 7.94. The van der Waals surface area contributed by atoms with E-state index in [0.29, 0.717) is 31.2 Å². The van der Waals surface area contributed by atoms with Crippen LogP contribution < -0.4 is 10.2 Å². The Morgan fingerprint density at radius 1 is 0.933 bits per heavy atom. The highest BCUT2D eigenvalue weighted by Gasteiger charge is 2.22. The second kappa shape index (κ2) is 8.71. The third-order valence-electron chi connectivity index (χ3n) is 5.29. The van der Waals surface area contributed by atoms with Crippen LogP contribution in [0.15, 0.2) is 54.6 Å². The minimum Gasteiger partial charge on any atom is -0.352 e. The van der Waals surface area contributed by atoms with Crippen molar-refractivity contribution in [1.82, 2.24) is 15.1 Å². The van der Waals surface area contributed by atoms with Gasteiger partial charge in [0.1, 0.15) is 0 Å². The number of halogens is 1. The molecular weight excluding hydrogens is 398 g/mol. The van der Waals surface area contributed by atoms with Gasteiger partial charge >= 0.3 is 6.03 Å². The van der Waals surface area contributed by atoms with Crippen LogP contribution >= 0.6 is 11.6 Å². The maximum absolute atomic E-state index is 12.5. The lowest BCUT2D eigenvalue weighted by atomic mass is 10.0. The molecule has 0 unspecified atom stereocenters. The maximum Gasteiger partial charge on any atom is 0.321 e. The fraction of sp³-hybridized carbons (Fsp3) is 0.261. The lowest BCUT2D eigenvalue weighted by Crippen LogP contribution is -2.50. The number of carbonyl (C=O) groups excluding carboxylic acids is 1. The van der Waals surface area contributed by atoms with Gasteiger partial charge in [-0.2, -0.15) is 0 Å². The van der Waals surface area contributed by atoms with Crippen molar-refractivity contribution in [3.8, 4) is 11.3 Å². The van der Waals surface area contributed by atoms with Crippen LogP contribution in [0.1, 0.15) is 11.1 Å². The van der Waals surface area contributed by atoms with E-state index in [4.69, 9.17) is 11.6 Å². The molecule has 4 rings (SSSR count). The smallest absolute Gasteiger partial charge is 0.321 e. The Bertz CT molecular complexity index is 1030. The predicted molar refractivity (Wildman–Crippen MR) is 121 cm³/mol. The van der Waals surface area contributed by atoms with Crippen molar-refractivity contribution >= 4 is 29.1 Å². The molecule has 2 amide bonds. The van der Waals surface area contributed by atoms with Crippen molar-refractivity contribution in [2.45, 2.75) is 13.8 Å². The van der Waals surface area contributed by atoms with Gasteiger partial charge in [-0.05, 0) is 55.8 Å². The van der Waals surface area contributed by atoms with Crippen LogP contribution in [0.4, 0.5) is 16.3 Å². The summed E-state index contributed by atoms with van der Waals surface area (Å²) in [5, 5.41) is 12.4. The van der Waals surface area contributed by atoms with E-state index in [1.807, 2.05) is 17.0 Å². The first-order valence-electron chi connectivity index (χ1n) is 9.97. The van der Waals surface area contributed by atoms with E-state index in [2.05, 4.69) is 52.5 Å². The molecule has 1 aromatic heterocycles. The van der Waals surface area contributed by atoms with Gasteiger partial charge in [-0.15, -0.1) is 10.2 Å². The third-order valence-corrected chi connectivity index (χ3v) is 5.55. The Balaban J connectivity index is 1.35. The van der Waals surface area contributed by atoms with Gasteiger partial charge in [0, 0.05) is 42.5 Å². The molecule has 1 aliphatic rings. The van der Waals surface area contributed by atoms with Crippen molar-refractivity contribution in [2.75, 3.05) is 36.4 Å². The summed E-state index contributed by atoms with van der Waals surface area (Å²) in [7, 11) is 0. The monoisotopic (exact) mass is 421 g/mol. The summed E-state index contributed by atoms with van der Waals surface area (Å²) in [6.07, 6.45) is 0. The zero-order chi connectivity index (χ0) is 21.1. The highest BCUT2D eigenvalue weighted by atomic mass is 35.5. The Morgan fingerprint density at radius 2 is 1.67 bits per heavy atom. The summed E-state index contributed by atoms with van der Waals surface area (Å²) < 4.78 is 0. The van der Waals surface area contributed by atoms with Gasteiger partial charge in [-0.25, -0.2) is 4.79 Å². The average molecular weight is 422 g/mol. The van der Waals surface area contributed by atoms with Gasteiger partial charge in [-0.1, -0.05) is 35.4 Å². The maximum atomic E-state index is 12.5. The largest absolute Gasteiger partial charge is 0.352 e. The molecule has 0 aliphatic carbocycles. The molecule has 7 heteroatoms. The van der Waals surface area contributed by atoms with Crippen molar-refractivity contribution in [3.05, 3.63) is 70.7 Å². The SMILES string of the molecule is Cc1ccc(-c2ccc(N3CCN(C(=O)Nc4ccc(Cl)cc4)CC3)nn2)c(C)c1. The van der Waals surface area contributed by atoms with E-state index >= 15 is 0 Å². The summed E-state index contributed by atoms with van der Waals surface area (Å²) in [6, 6.07) is 17.4. The molecule has 1 fully saturated rings. The molecule has 1 saturated heterocycles. The summed E-state index contributed by atoms with van der Waals surface area (Å²) in [4.78, 5) is 16.5. The molecule has 0 radical (unpaired) electrons. The van der Waals surface area contributed by atoms with Gasteiger partial charge in [0.05, 0.1) is 5.69 Å². The first kappa shape index (κ1) is 20.2. The first-order valence-corrected chi connectivity index (χ1v) is 10.4. The minimum atomic E-state index is -0.103. The number of aryl methyl sites for hydroxylation is 2. The fourth-order valence-corrected chi connectivity index (χ4v) is 3.74. The number of piperazine rings is 1. The van der Waals surface area contributed by atoms with Crippen molar-refractivity contribution in [2.24, 2.45) is 0 Å². The first-order chi connectivity index (χ1) is 14.5. The van der Waals surface area contributed by atoms with E-state index in [-0.39, 0.29) is 6.03 Å². The number of aromatic nitrogens is 2. The Kier molecular flexibility index (Phi) is 5.86. The van der Waals surface area contributed by atoms with Crippen LogP contribution in [0.2, 0.25) is 5.02 Å². The normalized spacial score (nSPS) is 14.0. The molecule has 0 bridgehead atoms. The average Bonchev–Trinajstić information content (AvgIpc) is 2.76. The molecule has 3 aromatic rings. The van der Waals surface area contributed by atoms with Crippen molar-refractivity contribution < 1.29 is 4.79 Å². The number of carbonyl (C=O) groups is 1. The quantitative estimate of drug-likeness (QED) is 0.661. The highest BCUT2D eigenvalue weighted by Crippen LogP contribution is 2.23. The topological polar surface area (TPSA) is 61.4 Å². The van der Waals surface area contributed by atoms with Gasteiger partial charge in [0.25, 0.3) is 0 Å². The summed E-state index contributed by atoms with van der Waals surface area (Å²) in [5.41, 5.74) is 5.14. The molecule has 1 N–H and O–H groups in total. The fourth-order valence-electron chi connectivity index (χ4n) is 3.61. The predicted octanol–water partition coefficient (Wildman–Crippen LogP) is 4.77. The lowest BCUT2D eigenvalue weighted by Gasteiger charge is -2.35. The van der Waals surface area contributed by atoms with Crippen molar-refractivity contribution in [3.63, 3.8) is 0 Å². The van der Waals surface area contributed by atoms with E-state index in [9.17, 15) is 4.79 Å². The number of benzene rings is 2. The van der Waals surface area contributed by atoms with Gasteiger partial charge in [0.15, 0.2) is 5.82 Å². The summed E-state index contributed by atoms with van der Waals surface area (Å²) >= 11 is 5.89. The van der Waals surface area contributed by atoms with Crippen LogP contribution in [-0.4, -0.2) is 47.3 Å². The minimum absolute atomic E-state index is 0.103. The third kappa shape index (κ3) is 4.54. The van der Waals surface area contributed by atoms with Gasteiger partial charge in [-0.3, -0.25) is 0 Å². The number of hydrogen-bond acceptors (Lipinski definition) is 4. The number of hydrogen-bond donors (Lipinski definition) is 1. The van der Waals surface area contributed by atoms with Crippen LogP contribution in [0, 0.1) is 13.8 Å². The molecule has 2 heterocycles. The number of anilines is 2. The van der Waals surface area contributed by atoms with Crippen LogP contribution in [0.5, 0.6) is 0 Å². The molecular formula is C23H24ClN5O. The van der Waals surface area contributed by atoms with Crippen molar-refractivity contribution in [1.29, 1.82) is 0 Å². The Morgan fingerprint density at radius 3 is 2.30 bits per heavy atom. The zero-order valence-electron chi connectivity index (χ0n) is 17.1. The molecule has 2 aromatic carbocycles. The lowest BCUT2D eigenvalue weighted by molar-refractivity contribution is 0.208. The van der Waals surface area contributed by atoms with Gasteiger partial charge < -0.3 is 15.1 Å². The number of amides is 2. The number of nitrogens with one attached hydrogen (secondary N) is 1. The molecule has 0 spiro atoms. The Hall–Kier alpha value is -3.12. The zero-order valence-corrected chi connectivity index (χ0v) is 17.9. The van der Waals surface area contributed by atoms with E-state index in [1.54, 1.807) is 24.3 Å². The number of rotatable bonds is 3. The highest BCUT2D eigenvalue weighted by molar-refractivity contribution is 6.30. The van der Waals surface area contributed by atoms with E-state index < -0.39 is 0 Å². The molecule has 1 aliphatic heterocycles. The van der Waals surface area contributed by atoms with Crippen LogP contribution in [0.3, 0.4) is 0 Å². The molecule has 0 atom stereocenters. The van der Waals surface area contributed by atoms with E-state index in [1.165, 1.54) is 11.1 Å². The Labute approximate surface area is 181 Å². The summed E-state index contributed by atoms with van der Waals surface area (Å²) in [5.74, 6) is 0.835. The molecule has 0 saturated carbocycles. The standard InChI is InChI=1S/C23H24ClN5O/c1-16-3-8-20(17(2)15-16)21-9-10-22(27-26-21)28-11-13-29(14-12-28)23(30)25-19-6-4-18(24)5-7-19/h3-10,15H,11-14H2,1-2H3,(H,25,30). The molecule has 30 heavy (non-hydrogen) atoms. The van der Waals surface area contributed by atoms with Crippen LogP contribution in [-0.2, 0) is 0 Å². The second-order valence-electron chi connectivity index (χ2n) is 7.51. The van der Waals surface area contributed by atoms with Crippen LogP contribution in [0.25, 0.3) is 11.3 Å². The summed E-state index contributed by atoms with van der Waals surface area (Å²) in [6.45, 7) is 6.85. The molecule has 6 nitrogen and oxygen atoms in total. The number of nitrogens with zero attached hydrogens (tertiary/aromatic N) is 4. The molecule has 154 valence electrons. The number of urea groups is 1. The van der Waals surface area contributed by atoms with Gasteiger partial charge in [0.2, 0.25) is 0 Å².